The third-order valence-electron chi connectivity index (χ3n) is 5.13. The van der Waals surface area contributed by atoms with Crippen molar-refractivity contribution in [2.45, 2.75) is 19.9 Å². The Balaban J connectivity index is 1.85. The highest BCUT2D eigenvalue weighted by Gasteiger charge is 2.24. The molecule has 0 saturated carbocycles. The lowest BCUT2D eigenvalue weighted by molar-refractivity contribution is 0.625. The number of nitrogens with zero attached hydrogens (tertiary/aromatic N) is 2. The molecule has 2 aromatic heterocycles. The molecule has 0 aliphatic carbocycles. The van der Waals surface area contributed by atoms with Crippen LogP contribution in [-0.2, 0) is 13.0 Å². The van der Waals surface area contributed by atoms with Crippen LogP contribution in [0, 0.1) is 5.82 Å². The van der Waals surface area contributed by atoms with Crippen LogP contribution >= 0.6 is 11.3 Å². The van der Waals surface area contributed by atoms with Crippen LogP contribution in [0.25, 0.3) is 21.9 Å². The summed E-state index contributed by atoms with van der Waals surface area (Å²) in [5.74, 6) is 0.307. The Morgan fingerprint density at radius 1 is 1.18 bits per heavy atom. The van der Waals surface area contributed by atoms with Gasteiger partial charge in [0.15, 0.2) is 0 Å². The Labute approximate surface area is 165 Å². The maximum absolute atomic E-state index is 14.3. The summed E-state index contributed by atoms with van der Waals surface area (Å²) in [5, 5.41) is 0.662. The van der Waals surface area contributed by atoms with Gasteiger partial charge in [0.05, 0.1) is 11.9 Å². The van der Waals surface area contributed by atoms with Gasteiger partial charge in [0.2, 0.25) is 0 Å². The number of aromatic nitrogens is 2. The van der Waals surface area contributed by atoms with Gasteiger partial charge < -0.3 is 4.57 Å². The monoisotopic (exact) mass is 388 g/mol. The fourth-order valence-corrected chi connectivity index (χ4v) is 4.81. The lowest BCUT2D eigenvalue weighted by Crippen LogP contribution is -2.22. The molecule has 0 unspecified atom stereocenters. The van der Waals surface area contributed by atoms with Crippen molar-refractivity contribution in [3.8, 4) is 0 Å². The molecule has 2 aromatic carbocycles. The number of aryl methyl sites for hydroxylation is 1. The van der Waals surface area contributed by atoms with E-state index in [9.17, 15) is 9.18 Å². The average molecular weight is 388 g/mol. The van der Waals surface area contributed by atoms with Crippen molar-refractivity contribution in [2.24, 2.45) is 0 Å². The number of rotatable bonds is 2. The third-order valence-corrected chi connectivity index (χ3v) is 6.43. The maximum atomic E-state index is 14.3. The molecule has 0 saturated heterocycles. The number of halogens is 1. The van der Waals surface area contributed by atoms with Gasteiger partial charge in [0, 0.05) is 16.0 Å². The highest BCUT2D eigenvalue weighted by molar-refractivity contribution is 7.18. The summed E-state index contributed by atoms with van der Waals surface area (Å²) in [4.78, 5) is 19.2. The molecule has 5 rings (SSSR count). The zero-order valence-electron chi connectivity index (χ0n) is 15.3. The zero-order chi connectivity index (χ0) is 19.3. The van der Waals surface area contributed by atoms with Gasteiger partial charge in [-0.05, 0) is 35.8 Å². The van der Waals surface area contributed by atoms with Gasteiger partial charge in [-0.2, -0.15) is 4.98 Å². The topological polar surface area (TPSA) is 34.9 Å². The Morgan fingerprint density at radius 3 is 2.79 bits per heavy atom. The quantitative estimate of drug-likeness (QED) is 0.421. The average Bonchev–Trinajstić information content (AvgIpc) is 3.16. The minimum atomic E-state index is -0.294. The molecule has 3 nitrogen and oxygen atoms in total. The van der Waals surface area contributed by atoms with Crippen LogP contribution in [0.3, 0.4) is 0 Å². The fraction of sp³-hybridized carbons (Fsp3) is 0.130. The van der Waals surface area contributed by atoms with Crippen molar-refractivity contribution < 1.29 is 4.39 Å². The van der Waals surface area contributed by atoms with Gasteiger partial charge in [-0.15, -0.1) is 11.3 Å². The van der Waals surface area contributed by atoms with Crippen molar-refractivity contribution >= 4 is 33.2 Å². The van der Waals surface area contributed by atoms with Crippen molar-refractivity contribution in [1.29, 1.82) is 0 Å². The highest BCUT2D eigenvalue weighted by atomic mass is 32.1. The molecule has 3 heterocycles. The minimum Gasteiger partial charge on any atom is -0.312 e. The van der Waals surface area contributed by atoms with Gasteiger partial charge in [0.25, 0.3) is 5.56 Å². The predicted octanol–water partition coefficient (Wildman–Crippen LogP) is 5.11. The largest absolute Gasteiger partial charge is 0.312 e. The third kappa shape index (κ3) is 2.62. The molecule has 138 valence electrons. The van der Waals surface area contributed by atoms with Crippen molar-refractivity contribution in [3.05, 3.63) is 98.2 Å². The van der Waals surface area contributed by atoms with Crippen molar-refractivity contribution in [2.75, 3.05) is 0 Å². The van der Waals surface area contributed by atoms with E-state index < -0.39 is 0 Å². The molecular weight excluding hydrogens is 371 g/mol. The van der Waals surface area contributed by atoms with Crippen LogP contribution in [0.15, 0.2) is 59.4 Å². The van der Waals surface area contributed by atoms with E-state index in [1.807, 2.05) is 24.3 Å². The fourth-order valence-electron chi connectivity index (χ4n) is 3.73. The van der Waals surface area contributed by atoms with E-state index in [1.165, 1.54) is 6.07 Å². The smallest absolute Gasteiger partial charge is 0.281 e. The zero-order valence-corrected chi connectivity index (χ0v) is 16.1. The molecule has 28 heavy (non-hydrogen) atoms. The number of hydrogen-bond donors (Lipinski definition) is 0. The van der Waals surface area contributed by atoms with E-state index in [0.29, 0.717) is 23.3 Å². The summed E-state index contributed by atoms with van der Waals surface area (Å²) in [7, 11) is 0. The molecule has 0 spiro atoms. The Bertz CT molecular complexity index is 1320. The first-order valence-corrected chi connectivity index (χ1v) is 10.1. The SMILES string of the molecule is CCc1cc2c(=O)nc3n(c2s1)Cc1ccccc1/C3=C\c1ccccc1F. The molecule has 1 aliphatic rings. The Morgan fingerprint density at radius 2 is 1.96 bits per heavy atom. The van der Waals surface area contributed by atoms with Crippen LogP contribution in [0.5, 0.6) is 0 Å². The summed E-state index contributed by atoms with van der Waals surface area (Å²) in [6.45, 7) is 2.73. The number of fused-ring (bicyclic) bond motifs is 4. The number of hydrogen-bond acceptors (Lipinski definition) is 3. The predicted molar refractivity (Wildman–Crippen MR) is 112 cm³/mol. The van der Waals surface area contributed by atoms with E-state index in [-0.39, 0.29) is 11.4 Å². The first-order chi connectivity index (χ1) is 13.7. The number of benzene rings is 2. The molecule has 0 atom stereocenters. The normalized spacial score (nSPS) is 14.3. The maximum Gasteiger partial charge on any atom is 0.281 e. The number of thiophene rings is 1. The second kappa shape index (κ2) is 6.53. The van der Waals surface area contributed by atoms with Crippen LogP contribution < -0.4 is 5.56 Å². The second-order valence-corrected chi connectivity index (χ2v) is 7.96. The lowest BCUT2D eigenvalue weighted by Gasteiger charge is -2.24. The Kier molecular flexibility index (Phi) is 3.98. The van der Waals surface area contributed by atoms with Crippen molar-refractivity contribution in [1.82, 2.24) is 9.55 Å². The van der Waals surface area contributed by atoms with E-state index in [1.54, 1.807) is 35.6 Å². The summed E-state index contributed by atoms with van der Waals surface area (Å²) < 4.78 is 16.4. The van der Waals surface area contributed by atoms with E-state index in [0.717, 1.165) is 32.8 Å². The summed E-state index contributed by atoms with van der Waals surface area (Å²) in [6, 6.07) is 16.6. The molecule has 0 fully saturated rings. The van der Waals surface area contributed by atoms with Gasteiger partial charge in [0.1, 0.15) is 16.5 Å². The van der Waals surface area contributed by atoms with E-state index >= 15 is 0 Å². The van der Waals surface area contributed by atoms with Crippen LogP contribution in [0.2, 0.25) is 0 Å². The van der Waals surface area contributed by atoms with Crippen LogP contribution in [0.4, 0.5) is 4.39 Å². The summed E-state index contributed by atoms with van der Waals surface area (Å²) in [5.41, 5.74) is 3.16. The van der Waals surface area contributed by atoms with Gasteiger partial charge in [-0.25, -0.2) is 4.39 Å². The molecule has 0 amide bonds. The van der Waals surface area contributed by atoms with E-state index in [2.05, 4.69) is 22.5 Å². The van der Waals surface area contributed by atoms with Gasteiger partial charge in [-0.3, -0.25) is 4.79 Å². The molecule has 5 heteroatoms. The molecule has 0 bridgehead atoms. The molecule has 4 aromatic rings. The lowest BCUT2D eigenvalue weighted by atomic mass is 9.93. The molecule has 0 radical (unpaired) electrons. The molecule has 1 aliphatic heterocycles. The standard InChI is InChI=1S/C23H17FN2OS/c1-2-16-12-19-22(27)25-21-18(11-14-7-4-6-10-20(14)24)17-9-5-3-8-15(17)13-26(21)23(19)28-16/h3-12H,2,13H2,1H3/b18-11+. The second-order valence-electron chi connectivity index (χ2n) is 6.85. The highest BCUT2D eigenvalue weighted by Crippen LogP contribution is 2.36. The van der Waals surface area contributed by atoms with Gasteiger partial charge in [-0.1, -0.05) is 49.4 Å². The summed E-state index contributed by atoms with van der Waals surface area (Å²) in [6.07, 6.45) is 2.68. The minimum absolute atomic E-state index is 0.226. The first kappa shape index (κ1) is 17.1. The van der Waals surface area contributed by atoms with Gasteiger partial charge >= 0.3 is 0 Å². The van der Waals surface area contributed by atoms with Crippen LogP contribution in [-0.4, -0.2) is 9.55 Å². The first-order valence-electron chi connectivity index (χ1n) is 9.24. The summed E-state index contributed by atoms with van der Waals surface area (Å²) >= 11 is 1.63. The molecule has 0 N–H and O–H groups in total. The van der Waals surface area contributed by atoms with Crippen LogP contribution in [0.1, 0.15) is 34.3 Å². The van der Waals surface area contributed by atoms with E-state index in [4.69, 9.17) is 0 Å². The molecular formula is C23H17FN2OS. The Hall–Kier alpha value is -3.05. The van der Waals surface area contributed by atoms with Crippen molar-refractivity contribution in [3.63, 3.8) is 0 Å².